The molecule has 0 radical (unpaired) electrons. The molecule has 1 atom stereocenters. The van der Waals surface area contributed by atoms with Gasteiger partial charge in [0.05, 0.1) is 26.9 Å². The van der Waals surface area contributed by atoms with Crippen molar-refractivity contribution in [1.29, 1.82) is 0 Å². The molecule has 1 saturated heterocycles. The van der Waals surface area contributed by atoms with Crippen LogP contribution in [0.15, 0.2) is 12.1 Å². The number of aromatic nitrogens is 1. The highest BCUT2D eigenvalue weighted by Crippen LogP contribution is 2.41. The molecule has 1 aliphatic heterocycles. The molecule has 0 spiro atoms. The normalized spacial score (nSPS) is 20.2. The van der Waals surface area contributed by atoms with Crippen LogP contribution in [0, 0.1) is 5.92 Å². The third-order valence-corrected chi connectivity index (χ3v) is 6.35. The maximum Gasteiger partial charge on any atom is 0.231 e. The van der Waals surface area contributed by atoms with Gasteiger partial charge < -0.3 is 14.2 Å². The van der Waals surface area contributed by atoms with Gasteiger partial charge in [-0.25, -0.2) is 4.98 Å². The van der Waals surface area contributed by atoms with Gasteiger partial charge in [-0.2, -0.15) is 0 Å². The average molecular weight is 376 g/mol. The molecule has 2 fully saturated rings. The first-order valence-electron chi connectivity index (χ1n) is 9.15. The van der Waals surface area contributed by atoms with Crippen molar-refractivity contribution in [3.63, 3.8) is 0 Å². The van der Waals surface area contributed by atoms with Gasteiger partial charge in [-0.15, -0.1) is 0 Å². The summed E-state index contributed by atoms with van der Waals surface area (Å²) in [5.74, 6) is 1.73. The van der Waals surface area contributed by atoms with Gasteiger partial charge in [0.25, 0.3) is 0 Å². The molecule has 4 rings (SSSR count). The molecule has 1 amide bonds. The molecule has 140 valence electrons. The van der Waals surface area contributed by atoms with Crippen LogP contribution in [0.25, 0.3) is 10.2 Å². The number of carbonyl (C=O) groups is 1. The van der Waals surface area contributed by atoms with E-state index in [4.69, 9.17) is 19.2 Å². The Bertz CT molecular complexity index is 755. The second-order valence-corrected chi connectivity index (χ2v) is 7.83. The molecule has 2 aromatic rings. The smallest absolute Gasteiger partial charge is 0.231 e. The van der Waals surface area contributed by atoms with Crippen LogP contribution in [-0.2, 0) is 9.53 Å². The number of hydrogen-bond donors (Lipinski definition) is 0. The highest BCUT2D eigenvalue weighted by molar-refractivity contribution is 7.22. The van der Waals surface area contributed by atoms with Crippen molar-refractivity contribution in [3.8, 4) is 11.5 Å². The lowest BCUT2D eigenvalue weighted by molar-refractivity contribution is -0.125. The number of fused-ring (bicyclic) bond motifs is 1. The molecule has 1 saturated carbocycles. The van der Waals surface area contributed by atoms with E-state index in [0.29, 0.717) is 17.4 Å². The molecule has 2 heterocycles. The van der Waals surface area contributed by atoms with Crippen molar-refractivity contribution in [2.24, 2.45) is 5.92 Å². The first-order valence-corrected chi connectivity index (χ1v) is 9.97. The highest BCUT2D eigenvalue weighted by Gasteiger charge is 2.34. The van der Waals surface area contributed by atoms with Gasteiger partial charge in [-0.1, -0.05) is 17.8 Å². The van der Waals surface area contributed by atoms with Crippen molar-refractivity contribution < 1.29 is 19.0 Å². The van der Waals surface area contributed by atoms with Crippen LogP contribution in [-0.4, -0.2) is 44.4 Å². The minimum Gasteiger partial charge on any atom is -0.495 e. The lowest BCUT2D eigenvalue weighted by Crippen LogP contribution is -2.43. The highest BCUT2D eigenvalue weighted by atomic mass is 32.1. The lowest BCUT2D eigenvalue weighted by Gasteiger charge is -2.31. The molecule has 7 heteroatoms. The number of ether oxygens (including phenoxy) is 3. The number of anilines is 1. The van der Waals surface area contributed by atoms with Gasteiger partial charge in [-0.05, 0) is 37.8 Å². The molecule has 2 aliphatic rings. The third kappa shape index (κ3) is 3.14. The van der Waals surface area contributed by atoms with Gasteiger partial charge in [0, 0.05) is 12.5 Å². The summed E-state index contributed by atoms with van der Waals surface area (Å²) in [6.07, 6.45) is 5.21. The zero-order valence-corrected chi connectivity index (χ0v) is 16.0. The predicted molar refractivity (Wildman–Crippen MR) is 101 cm³/mol. The minimum absolute atomic E-state index is 0.0924. The lowest BCUT2D eigenvalue weighted by atomic mass is 9.84. The van der Waals surface area contributed by atoms with E-state index >= 15 is 0 Å². The van der Waals surface area contributed by atoms with Crippen molar-refractivity contribution in [2.75, 3.05) is 32.3 Å². The monoisotopic (exact) mass is 376 g/mol. The van der Waals surface area contributed by atoms with Crippen molar-refractivity contribution >= 4 is 32.6 Å². The fourth-order valence-electron chi connectivity index (χ4n) is 3.52. The zero-order valence-electron chi connectivity index (χ0n) is 15.2. The summed E-state index contributed by atoms with van der Waals surface area (Å²) in [6.45, 7) is 1.34. The summed E-state index contributed by atoms with van der Waals surface area (Å²) < 4.78 is 17.6. The maximum atomic E-state index is 13.1. The molecule has 1 aromatic carbocycles. The van der Waals surface area contributed by atoms with Gasteiger partial charge in [0.1, 0.15) is 21.7 Å². The van der Waals surface area contributed by atoms with Crippen molar-refractivity contribution in [1.82, 2.24) is 4.98 Å². The standard InChI is InChI=1S/C19H24N2O4S/c1-23-14-8-9-15(24-2)17-16(14)20-19(26-17)21(11-13-7-4-10-25-13)18(22)12-5-3-6-12/h8-9,12-13H,3-7,10-11H2,1-2H3. The first kappa shape index (κ1) is 17.5. The van der Waals surface area contributed by atoms with Crippen LogP contribution in [0.4, 0.5) is 5.13 Å². The Hall–Kier alpha value is -1.86. The summed E-state index contributed by atoms with van der Waals surface area (Å²) in [6, 6.07) is 3.73. The Labute approximate surface area is 157 Å². The second-order valence-electron chi connectivity index (χ2n) is 6.86. The molecule has 1 aromatic heterocycles. The molecular formula is C19H24N2O4S. The molecule has 26 heavy (non-hydrogen) atoms. The van der Waals surface area contributed by atoms with E-state index in [1.165, 1.54) is 11.3 Å². The Kier molecular flexibility index (Phi) is 5.00. The molecular weight excluding hydrogens is 352 g/mol. The van der Waals surface area contributed by atoms with Crippen LogP contribution in [0.3, 0.4) is 0 Å². The molecule has 0 bridgehead atoms. The Morgan fingerprint density at radius 2 is 2.00 bits per heavy atom. The number of rotatable bonds is 6. The fourth-order valence-corrected chi connectivity index (χ4v) is 4.61. The van der Waals surface area contributed by atoms with E-state index in [9.17, 15) is 4.79 Å². The third-order valence-electron chi connectivity index (χ3n) is 5.26. The molecule has 1 aliphatic carbocycles. The quantitative estimate of drug-likeness (QED) is 0.770. The van der Waals surface area contributed by atoms with Gasteiger partial charge in [-0.3, -0.25) is 9.69 Å². The van der Waals surface area contributed by atoms with E-state index in [-0.39, 0.29) is 17.9 Å². The predicted octanol–water partition coefficient (Wildman–Crippen LogP) is 3.63. The summed E-state index contributed by atoms with van der Waals surface area (Å²) in [5.41, 5.74) is 0.741. The zero-order chi connectivity index (χ0) is 18.1. The van der Waals surface area contributed by atoms with Crippen LogP contribution in [0.2, 0.25) is 0 Å². The number of amides is 1. The molecule has 0 N–H and O–H groups in total. The largest absolute Gasteiger partial charge is 0.495 e. The SMILES string of the molecule is COc1ccc(OC)c2sc(N(CC3CCCO3)C(=O)C3CCC3)nc12. The van der Waals surface area contributed by atoms with E-state index in [0.717, 1.165) is 54.7 Å². The van der Waals surface area contributed by atoms with Crippen molar-refractivity contribution in [3.05, 3.63) is 12.1 Å². The average Bonchev–Trinajstić information content (AvgIpc) is 3.26. The van der Waals surface area contributed by atoms with E-state index in [1.54, 1.807) is 14.2 Å². The summed E-state index contributed by atoms with van der Waals surface area (Å²) in [5, 5.41) is 0.704. The Morgan fingerprint density at radius 1 is 1.23 bits per heavy atom. The van der Waals surface area contributed by atoms with Crippen molar-refractivity contribution in [2.45, 2.75) is 38.2 Å². The summed E-state index contributed by atoms with van der Waals surface area (Å²) >= 11 is 1.48. The van der Waals surface area contributed by atoms with E-state index < -0.39 is 0 Å². The second kappa shape index (κ2) is 7.40. The Balaban J connectivity index is 1.72. The van der Waals surface area contributed by atoms with E-state index in [2.05, 4.69) is 0 Å². The van der Waals surface area contributed by atoms with Crippen LogP contribution in [0.1, 0.15) is 32.1 Å². The van der Waals surface area contributed by atoms with Gasteiger partial charge in [0.2, 0.25) is 5.91 Å². The van der Waals surface area contributed by atoms with Gasteiger partial charge in [0.15, 0.2) is 5.13 Å². The Morgan fingerprint density at radius 3 is 2.62 bits per heavy atom. The fraction of sp³-hybridized carbons (Fsp3) is 0.579. The first-order chi connectivity index (χ1) is 12.7. The number of hydrogen-bond acceptors (Lipinski definition) is 6. The number of nitrogens with zero attached hydrogens (tertiary/aromatic N) is 2. The summed E-state index contributed by atoms with van der Waals surface area (Å²) in [7, 11) is 3.27. The topological polar surface area (TPSA) is 60.9 Å². The number of benzene rings is 1. The molecule has 6 nitrogen and oxygen atoms in total. The minimum atomic E-state index is 0.0924. The van der Waals surface area contributed by atoms with E-state index in [1.807, 2.05) is 17.0 Å². The van der Waals surface area contributed by atoms with Crippen LogP contribution < -0.4 is 14.4 Å². The summed E-state index contributed by atoms with van der Waals surface area (Å²) in [4.78, 5) is 19.7. The number of carbonyl (C=O) groups excluding carboxylic acids is 1. The van der Waals surface area contributed by atoms with Crippen LogP contribution >= 0.6 is 11.3 Å². The number of methoxy groups -OCH3 is 2. The molecule has 1 unspecified atom stereocenters. The van der Waals surface area contributed by atoms with Crippen LogP contribution in [0.5, 0.6) is 11.5 Å². The number of thiazole rings is 1. The van der Waals surface area contributed by atoms with Gasteiger partial charge >= 0.3 is 0 Å². The maximum absolute atomic E-state index is 13.1.